The number of rotatable bonds is 12. The van der Waals surface area contributed by atoms with Crippen LogP contribution in [0.5, 0.6) is 0 Å². The van der Waals surface area contributed by atoms with Crippen LogP contribution >= 0.6 is 23.2 Å². The van der Waals surface area contributed by atoms with E-state index in [2.05, 4.69) is 103 Å². The van der Waals surface area contributed by atoms with Crippen LogP contribution in [0.3, 0.4) is 0 Å². The molecule has 0 radical (unpaired) electrons. The summed E-state index contributed by atoms with van der Waals surface area (Å²) in [5, 5.41) is 26.9. The molecule has 0 saturated heterocycles. The second kappa shape index (κ2) is 26.3. The van der Waals surface area contributed by atoms with Crippen molar-refractivity contribution in [1.29, 1.82) is 0 Å². The zero-order chi connectivity index (χ0) is 37.0. The van der Waals surface area contributed by atoms with E-state index in [0.717, 1.165) is 58.7 Å². The molecule has 0 bridgehead atoms. The minimum absolute atomic E-state index is 0. The first kappa shape index (κ1) is 53.3. The Balaban J connectivity index is 0.00000101. The second-order valence-corrected chi connectivity index (χ2v) is 13.2. The molecule has 0 aliphatic rings. The summed E-state index contributed by atoms with van der Waals surface area (Å²) in [6.45, 7) is 1.85. The number of azo groups is 2. The summed E-state index contributed by atoms with van der Waals surface area (Å²) in [5.41, 5.74) is 6.45. The molecule has 6 aromatic rings. The van der Waals surface area contributed by atoms with Crippen LogP contribution in [0.25, 0.3) is 0 Å². The SMILES string of the molecule is CN(CCc1ccc(Cl)cc1)c1ccc(N=Nc2n(C)nc[n+]2C)cc1.CN(CCc1ccc(Cl)cc1)c1ccc(N=Nc2n(C)nc[n+]2C)cc1.[Cl-].[Cl-].[Cl-].[Cl-].[Zn+2]. The van der Waals surface area contributed by atoms with E-state index in [4.69, 9.17) is 23.2 Å². The fourth-order valence-corrected chi connectivity index (χ4v) is 5.40. The Morgan fingerprint density at radius 2 is 0.842 bits per heavy atom. The molecule has 0 N–H and O–H groups in total. The van der Waals surface area contributed by atoms with E-state index >= 15 is 0 Å². The number of hydrogen-bond donors (Lipinski definition) is 0. The molecule has 4 aromatic carbocycles. The van der Waals surface area contributed by atoms with E-state index in [9.17, 15) is 0 Å². The largest absolute Gasteiger partial charge is 2.00 e. The molecule has 6 rings (SSSR count). The molecular weight excluding hydrogens is 903 g/mol. The zero-order valence-electron chi connectivity index (χ0n) is 32.6. The number of aryl methyl sites for hydroxylation is 4. The number of likely N-dealkylation sites (N-methyl/N-ethyl adjacent to an activating group) is 2. The van der Waals surface area contributed by atoms with Crippen molar-refractivity contribution < 1.29 is 78.2 Å². The van der Waals surface area contributed by atoms with Gasteiger partial charge in [0.15, 0.2) is 0 Å². The van der Waals surface area contributed by atoms with E-state index in [1.165, 1.54) is 11.1 Å². The van der Waals surface area contributed by atoms with Crippen molar-refractivity contribution in [3.8, 4) is 0 Å². The van der Waals surface area contributed by atoms with Crippen molar-refractivity contribution in [3.05, 3.63) is 131 Å². The number of hydrogen-bond acceptors (Lipinski definition) is 8. The minimum atomic E-state index is 0. The van der Waals surface area contributed by atoms with Gasteiger partial charge in [-0.2, -0.15) is 0 Å². The Bertz CT molecular complexity index is 1900. The third-order valence-electron chi connectivity index (χ3n) is 8.40. The fraction of sp³-hybridized carbons (Fsp3) is 0.263. The van der Waals surface area contributed by atoms with Crippen LogP contribution in [0.1, 0.15) is 11.1 Å². The molecule has 0 saturated carbocycles. The van der Waals surface area contributed by atoms with E-state index in [1.807, 2.05) is 85.9 Å². The van der Waals surface area contributed by atoms with Gasteiger partial charge in [0.2, 0.25) is 12.7 Å². The second-order valence-electron chi connectivity index (χ2n) is 12.4. The van der Waals surface area contributed by atoms with Gasteiger partial charge in [0.1, 0.15) is 0 Å². The van der Waals surface area contributed by atoms with Gasteiger partial charge < -0.3 is 59.4 Å². The maximum atomic E-state index is 5.93. The first-order valence-electron chi connectivity index (χ1n) is 16.8. The first-order chi connectivity index (χ1) is 25.0. The van der Waals surface area contributed by atoms with Gasteiger partial charge in [-0.15, -0.1) is 9.36 Å². The minimum Gasteiger partial charge on any atom is -1.00 e. The van der Waals surface area contributed by atoms with Gasteiger partial charge in [0, 0.05) is 58.8 Å². The van der Waals surface area contributed by atoms with Gasteiger partial charge in [0.05, 0.1) is 39.6 Å². The molecule has 0 atom stereocenters. The maximum Gasteiger partial charge on any atom is 2.00 e. The van der Waals surface area contributed by atoms with Crippen molar-refractivity contribution in [3.63, 3.8) is 0 Å². The van der Waals surface area contributed by atoms with Crippen LogP contribution in [-0.4, -0.2) is 46.7 Å². The summed E-state index contributed by atoms with van der Waals surface area (Å²) in [6, 6.07) is 32.1. The third-order valence-corrected chi connectivity index (χ3v) is 8.90. The number of benzene rings is 4. The summed E-state index contributed by atoms with van der Waals surface area (Å²) in [6.07, 6.45) is 5.33. The van der Waals surface area contributed by atoms with Crippen LogP contribution < -0.4 is 68.6 Å². The number of halogens is 6. The van der Waals surface area contributed by atoms with Gasteiger partial charge >= 0.3 is 31.4 Å². The Morgan fingerprint density at radius 3 is 1.12 bits per heavy atom. The van der Waals surface area contributed by atoms with Crippen LogP contribution in [-0.2, 0) is 60.5 Å². The predicted molar refractivity (Wildman–Crippen MR) is 207 cm³/mol. The molecule has 0 unspecified atom stereocenters. The molecule has 0 fully saturated rings. The molecule has 0 spiro atoms. The molecule has 57 heavy (non-hydrogen) atoms. The summed E-state index contributed by atoms with van der Waals surface area (Å²) in [4.78, 5) is 4.44. The van der Waals surface area contributed by atoms with Crippen molar-refractivity contribution in [2.45, 2.75) is 12.8 Å². The van der Waals surface area contributed by atoms with Gasteiger partial charge in [-0.05, 0) is 107 Å². The molecule has 0 amide bonds. The smallest absolute Gasteiger partial charge is 1.00 e. The van der Waals surface area contributed by atoms with Crippen LogP contribution in [0.15, 0.2) is 130 Å². The maximum absolute atomic E-state index is 5.93. The topological polar surface area (TPSA) is 99.3 Å². The molecule has 19 heteroatoms. The quantitative estimate of drug-likeness (QED) is 0.0711. The molecule has 2 heterocycles. The summed E-state index contributed by atoms with van der Waals surface area (Å²) < 4.78 is 7.01. The van der Waals surface area contributed by atoms with Crippen LogP contribution in [0.4, 0.5) is 34.6 Å². The molecule has 0 aliphatic carbocycles. The average molecular weight is 947 g/mol. The summed E-state index contributed by atoms with van der Waals surface area (Å²) >= 11 is 11.9. The molecular formula is C38H44Cl6N12Zn. The molecule has 12 nitrogen and oxygen atoms in total. The molecule has 0 aliphatic heterocycles. The average Bonchev–Trinajstić information content (AvgIpc) is 3.66. The number of nitrogens with zero attached hydrogens (tertiary/aromatic N) is 12. The van der Waals surface area contributed by atoms with E-state index in [-0.39, 0.29) is 69.1 Å². The van der Waals surface area contributed by atoms with E-state index in [0.29, 0.717) is 11.9 Å². The van der Waals surface area contributed by atoms with E-state index in [1.54, 1.807) is 22.0 Å². The predicted octanol–water partition coefficient (Wildman–Crippen LogP) is -4.00. The van der Waals surface area contributed by atoms with E-state index < -0.39 is 0 Å². The molecule has 300 valence electrons. The third kappa shape index (κ3) is 16.2. The standard InChI is InChI=1S/2C19H22ClN6.4ClH.Zn/c2*1-24(13-12-15-4-6-16(20)7-5-15)18-10-8-17(9-11-18)22-23-19-25(2)14-21-26(19)3;;;;;/h2*4-11,14H,12-13H2,1-3H3;4*1H;/q2*+1;;;;;+2/p-4. The normalized spacial score (nSPS) is 10.2. The number of aromatic nitrogens is 6. The summed E-state index contributed by atoms with van der Waals surface area (Å²) in [5.74, 6) is 1.38. The Labute approximate surface area is 382 Å². The Hall–Kier alpha value is -3.68. The monoisotopic (exact) mass is 942 g/mol. The fourth-order valence-electron chi connectivity index (χ4n) is 5.15. The Kier molecular flexibility index (Phi) is 24.6. The van der Waals surface area contributed by atoms with Crippen molar-refractivity contribution in [1.82, 2.24) is 19.6 Å². The zero-order valence-corrected chi connectivity index (χ0v) is 40.1. The van der Waals surface area contributed by atoms with Gasteiger partial charge in [-0.1, -0.05) is 57.7 Å². The summed E-state index contributed by atoms with van der Waals surface area (Å²) in [7, 11) is 11.6. The number of anilines is 2. The molecule has 2 aromatic heterocycles. The van der Waals surface area contributed by atoms with Gasteiger partial charge in [-0.3, -0.25) is 0 Å². The van der Waals surface area contributed by atoms with Crippen LogP contribution in [0, 0.1) is 0 Å². The van der Waals surface area contributed by atoms with Crippen molar-refractivity contribution in [2.24, 2.45) is 48.6 Å². The van der Waals surface area contributed by atoms with Gasteiger partial charge in [-0.25, -0.2) is 9.13 Å². The van der Waals surface area contributed by atoms with Crippen molar-refractivity contribution in [2.75, 3.05) is 37.0 Å². The van der Waals surface area contributed by atoms with Gasteiger partial charge in [0.25, 0.3) is 0 Å². The van der Waals surface area contributed by atoms with Crippen LogP contribution in [0.2, 0.25) is 10.0 Å². The van der Waals surface area contributed by atoms with Crippen molar-refractivity contribution >= 4 is 57.8 Å². The Morgan fingerprint density at radius 1 is 0.526 bits per heavy atom. The first-order valence-corrected chi connectivity index (χ1v) is 17.5.